The Morgan fingerprint density at radius 2 is 1.80 bits per heavy atom. The van der Waals surface area contributed by atoms with Crippen LogP contribution in [0.5, 0.6) is 0 Å². The van der Waals surface area contributed by atoms with Gasteiger partial charge in [-0.15, -0.1) is 0 Å². The molecule has 142 valence electrons. The molecule has 4 aliphatic carbocycles. The molecule has 2 nitrogen and oxygen atoms in total. The van der Waals surface area contributed by atoms with Crippen LogP contribution in [0, 0.1) is 34.5 Å². The van der Waals surface area contributed by atoms with Gasteiger partial charge in [0, 0.05) is 19.5 Å². The van der Waals surface area contributed by atoms with E-state index in [0.717, 1.165) is 30.2 Å². The van der Waals surface area contributed by atoms with Crippen molar-refractivity contribution in [1.29, 1.82) is 0 Å². The van der Waals surface area contributed by atoms with E-state index in [9.17, 15) is 4.79 Å². The van der Waals surface area contributed by atoms with Crippen LogP contribution in [0.2, 0.25) is 0 Å². The van der Waals surface area contributed by atoms with Crippen LogP contribution in [0.25, 0.3) is 0 Å². The Morgan fingerprint density at radius 1 is 1.00 bits per heavy atom. The van der Waals surface area contributed by atoms with Crippen molar-refractivity contribution >= 4 is 5.91 Å². The average molecular weight is 346 g/mol. The van der Waals surface area contributed by atoms with Gasteiger partial charge in [0.1, 0.15) is 0 Å². The Hall–Kier alpha value is -0.530. The lowest BCUT2D eigenvalue weighted by molar-refractivity contribution is -0.139. The van der Waals surface area contributed by atoms with Gasteiger partial charge in [-0.3, -0.25) is 4.79 Å². The second-order valence-corrected chi connectivity index (χ2v) is 10.5. The molecule has 2 heteroatoms. The summed E-state index contributed by atoms with van der Waals surface area (Å²) in [7, 11) is 0. The SMILES string of the molecule is CCN(C(C)=O)[C@H]1CC[C@@]2(C)[C@@H](CC[C@H]3[C@@H]4CCC[C@@]4(C)CC[C@@H]32)C1. The zero-order valence-corrected chi connectivity index (χ0v) is 17.0. The summed E-state index contributed by atoms with van der Waals surface area (Å²) in [6.45, 7) is 10.0. The number of rotatable bonds is 2. The monoisotopic (exact) mass is 345 g/mol. The quantitative estimate of drug-likeness (QED) is 0.632. The largest absolute Gasteiger partial charge is 0.340 e. The van der Waals surface area contributed by atoms with Crippen LogP contribution in [-0.4, -0.2) is 23.4 Å². The summed E-state index contributed by atoms with van der Waals surface area (Å²) < 4.78 is 0. The van der Waals surface area contributed by atoms with Gasteiger partial charge in [-0.05, 0) is 99.2 Å². The summed E-state index contributed by atoms with van der Waals surface area (Å²) in [6.07, 6.45) is 14.2. The molecule has 0 heterocycles. The highest BCUT2D eigenvalue weighted by Crippen LogP contribution is 2.66. The lowest BCUT2D eigenvalue weighted by Gasteiger charge is -2.61. The fourth-order valence-corrected chi connectivity index (χ4v) is 8.25. The Balaban J connectivity index is 1.53. The first-order valence-corrected chi connectivity index (χ1v) is 11.2. The van der Waals surface area contributed by atoms with Gasteiger partial charge in [0.05, 0.1) is 0 Å². The van der Waals surface area contributed by atoms with E-state index in [1.54, 1.807) is 6.92 Å². The maximum absolute atomic E-state index is 12.0. The molecule has 0 aromatic heterocycles. The van der Waals surface area contributed by atoms with Gasteiger partial charge in [-0.1, -0.05) is 20.3 Å². The van der Waals surface area contributed by atoms with Crippen LogP contribution in [-0.2, 0) is 4.79 Å². The highest BCUT2D eigenvalue weighted by atomic mass is 16.2. The van der Waals surface area contributed by atoms with Crippen LogP contribution in [0.3, 0.4) is 0 Å². The number of fused-ring (bicyclic) bond motifs is 5. The molecule has 0 bridgehead atoms. The van der Waals surface area contributed by atoms with Crippen molar-refractivity contribution in [2.75, 3.05) is 6.54 Å². The summed E-state index contributed by atoms with van der Waals surface area (Å²) >= 11 is 0. The Morgan fingerprint density at radius 3 is 2.52 bits per heavy atom. The number of nitrogens with zero attached hydrogens (tertiary/aromatic N) is 1. The Labute approximate surface area is 155 Å². The summed E-state index contributed by atoms with van der Waals surface area (Å²) in [5.74, 6) is 4.13. The summed E-state index contributed by atoms with van der Waals surface area (Å²) in [5, 5.41) is 0. The first-order chi connectivity index (χ1) is 11.9. The Kier molecular flexibility index (Phi) is 4.48. The molecular formula is C23H39NO. The maximum atomic E-state index is 12.0. The van der Waals surface area contributed by atoms with E-state index in [-0.39, 0.29) is 5.91 Å². The second kappa shape index (κ2) is 6.27. The van der Waals surface area contributed by atoms with Crippen LogP contribution in [0.4, 0.5) is 0 Å². The zero-order chi connectivity index (χ0) is 17.8. The molecule has 0 aromatic rings. The lowest BCUT2D eigenvalue weighted by Crippen LogP contribution is -2.55. The predicted molar refractivity (Wildman–Crippen MR) is 103 cm³/mol. The third-order valence-electron chi connectivity index (χ3n) is 9.61. The molecule has 0 unspecified atom stereocenters. The number of carbonyl (C=O) groups excluding carboxylic acids is 1. The van der Waals surface area contributed by atoms with Crippen molar-refractivity contribution in [2.24, 2.45) is 34.5 Å². The molecule has 0 radical (unpaired) electrons. The summed E-state index contributed by atoms with van der Waals surface area (Å²) in [4.78, 5) is 14.2. The van der Waals surface area contributed by atoms with Crippen LogP contribution >= 0.6 is 0 Å². The molecule has 0 aromatic carbocycles. The number of carbonyl (C=O) groups is 1. The van der Waals surface area contributed by atoms with E-state index in [1.165, 1.54) is 64.2 Å². The topological polar surface area (TPSA) is 20.3 Å². The minimum atomic E-state index is 0.282. The number of hydrogen-bond donors (Lipinski definition) is 0. The highest BCUT2D eigenvalue weighted by molar-refractivity contribution is 5.73. The first-order valence-electron chi connectivity index (χ1n) is 11.2. The summed E-state index contributed by atoms with van der Waals surface area (Å²) in [5.41, 5.74) is 1.23. The molecule has 0 saturated heterocycles. The van der Waals surface area contributed by atoms with E-state index in [4.69, 9.17) is 0 Å². The number of hydrogen-bond acceptors (Lipinski definition) is 1. The van der Waals surface area contributed by atoms with Crippen LogP contribution < -0.4 is 0 Å². The standard InChI is InChI=1S/C23H39NO/c1-5-24(16(2)25)18-10-14-23(4)17(15-18)8-9-19-20-7-6-12-22(20,3)13-11-21(19)23/h17-21H,5-15H2,1-4H3/t17-,18-,19-,20-,21-,22-,23-/m0/s1. The van der Waals surface area contributed by atoms with Crippen molar-refractivity contribution in [3.8, 4) is 0 Å². The molecule has 4 fully saturated rings. The third-order valence-corrected chi connectivity index (χ3v) is 9.61. The van der Waals surface area contributed by atoms with Gasteiger partial charge in [-0.25, -0.2) is 0 Å². The van der Waals surface area contributed by atoms with Crippen LogP contribution in [0.1, 0.15) is 91.9 Å². The predicted octanol–water partition coefficient (Wildman–Crippen LogP) is 5.66. The molecule has 0 N–H and O–H groups in total. The Bertz CT molecular complexity index is 530. The van der Waals surface area contributed by atoms with Gasteiger partial charge in [0.2, 0.25) is 5.91 Å². The first kappa shape index (κ1) is 17.9. The smallest absolute Gasteiger partial charge is 0.219 e. The van der Waals surface area contributed by atoms with E-state index in [1.807, 2.05) is 0 Å². The zero-order valence-electron chi connectivity index (χ0n) is 17.0. The molecule has 7 atom stereocenters. The van der Waals surface area contributed by atoms with Gasteiger partial charge in [0.15, 0.2) is 0 Å². The minimum Gasteiger partial charge on any atom is -0.340 e. The van der Waals surface area contributed by atoms with Gasteiger partial charge >= 0.3 is 0 Å². The second-order valence-electron chi connectivity index (χ2n) is 10.5. The molecular weight excluding hydrogens is 306 g/mol. The molecule has 1 amide bonds. The minimum absolute atomic E-state index is 0.282. The lowest BCUT2D eigenvalue weighted by atomic mass is 9.45. The van der Waals surface area contributed by atoms with Crippen molar-refractivity contribution in [1.82, 2.24) is 4.90 Å². The van der Waals surface area contributed by atoms with Crippen molar-refractivity contribution in [2.45, 2.75) is 97.9 Å². The van der Waals surface area contributed by atoms with E-state index in [0.29, 0.717) is 16.9 Å². The normalized spacial score (nSPS) is 49.0. The van der Waals surface area contributed by atoms with Gasteiger partial charge in [0.25, 0.3) is 0 Å². The van der Waals surface area contributed by atoms with Gasteiger partial charge in [-0.2, -0.15) is 0 Å². The van der Waals surface area contributed by atoms with E-state index < -0.39 is 0 Å². The molecule has 0 spiro atoms. The molecule has 25 heavy (non-hydrogen) atoms. The molecule has 0 aliphatic heterocycles. The van der Waals surface area contributed by atoms with Crippen molar-refractivity contribution < 1.29 is 4.79 Å². The van der Waals surface area contributed by atoms with Crippen molar-refractivity contribution in [3.63, 3.8) is 0 Å². The third kappa shape index (κ3) is 2.69. The number of amides is 1. The molecule has 4 aliphatic rings. The maximum Gasteiger partial charge on any atom is 0.219 e. The van der Waals surface area contributed by atoms with Gasteiger partial charge < -0.3 is 4.90 Å². The fourth-order valence-electron chi connectivity index (χ4n) is 8.25. The fraction of sp³-hybridized carbons (Fsp3) is 0.957. The average Bonchev–Trinajstić information content (AvgIpc) is 2.97. The van der Waals surface area contributed by atoms with Crippen LogP contribution in [0.15, 0.2) is 0 Å². The molecule has 4 rings (SSSR count). The summed E-state index contributed by atoms with van der Waals surface area (Å²) in [6, 6.07) is 0.512. The highest BCUT2D eigenvalue weighted by Gasteiger charge is 2.58. The van der Waals surface area contributed by atoms with Crippen molar-refractivity contribution in [3.05, 3.63) is 0 Å². The van der Waals surface area contributed by atoms with E-state index in [2.05, 4.69) is 25.7 Å². The van der Waals surface area contributed by atoms with E-state index >= 15 is 0 Å². The molecule has 4 saturated carbocycles.